The predicted octanol–water partition coefficient (Wildman–Crippen LogP) is 5.74. The fourth-order valence-electron chi connectivity index (χ4n) is 5.76. The van der Waals surface area contributed by atoms with Crippen LogP contribution in [0.5, 0.6) is 0 Å². The SMILES string of the molecule is Cc1nnsc1SC1=C(C(=O)O)N2C(=O)[C@@H](NC(=O)C(=NOC(c3ccccc3)(c3ccccc3)c3ccccc3)c3nc(N)sc3Cl)C2SC1. The summed E-state index contributed by atoms with van der Waals surface area (Å²) in [7, 11) is 0. The number of carbonyl (C=O) groups excluding carboxylic acids is 2. The second kappa shape index (κ2) is 14.5. The summed E-state index contributed by atoms with van der Waals surface area (Å²) in [6, 6.07) is 27.3. The van der Waals surface area contributed by atoms with Crippen LogP contribution in [0.15, 0.2) is 111 Å². The Bertz CT molecular complexity index is 2080. The number of thioether (sulfide) groups is 2. The topological polar surface area (TPSA) is 173 Å². The number of anilines is 1. The van der Waals surface area contributed by atoms with Gasteiger partial charge in [0.1, 0.15) is 31.4 Å². The summed E-state index contributed by atoms with van der Waals surface area (Å²) in [5.41, 5.74) is 7.02. The Balaban J connectivity index is 1.25. The summed E-state index contributed by atoms with van der Waals surface area (Å²) < 4.78 is 4.74. The Morgan fingerprint density at radius 1 is 1.04 bits per heavy atom. The van der Waals surface area contributed by atoms with Gasteiger partial charge >= 0.3 is 5.97 Å². The molecule has 1 saturated heterocycles. The molecule has 3 aromatic carbocycles. The van der Waals surface area contributed by atoms with Crippen LogP contribution in [0, 0.1) is 6.92 Å². The number of carbonyl (C=O) groups is 3. The van der Waals surface area contributed by atoms with Crippen molar-refractivity contribution in [3.63, 3.8) is 0 Å². The summed E-state index contributed by atoms with van der Waals surface area (Å²) in [4.78, 5) is 52.8. The molecule has 1 fully saturated rings. The molecule has 0 saturated carbocycles. The Labute approximate surface area is 312 Å². The normalized spacial score (nSPS) is 17.5. The van der Waals surface area contributed by atoms with Crippen LogP contribution in [-0.2, 0) is 24.8 Å². The Kier molecular flexibility index (Phi) is 9.85. The number of benzene rings is 3. The van der Waals surface area contributed by atoms with Crippen LogP contribution in [0.3, 0.4) is 0 Å². The van der Waals surface area contributed by atoms with Gasteiger partial charge in [-0.1, -0.05) is 135 Å². The van der Waals surface area contributed by atoms with E-state index in [1.165, 1.54) is 28.4 Å². The summed E-state index contributed by atoms with van der Waals surface area (Å²) >= 11 is 11.2. The van der Waals surface area contributed by atoms with E-state index in [0.717, 1.165) is 43.8 Å². The number of halogens is 1. The van der Waals surface area contributed by atoms with Gasteiger partial charge in [0.15, 0.2) is 10.8 Å². The lowest BCUT2D eigenvalue weighted by molar-refractivity contribution is -0.150. The summed E-state index contributed by atoms with van der Waals surface area (Å²) in [6.07, 6.45) is 0. The minimum atomic E-state index is -1.34. The lowest BCUT2D eigenvalue weighted by Crippen LogP contribution is -2.71. The van der Waals surface area contributed by atoms with Crippen molar-refractivity contribution in [2.45, 2.75) is 28.1 Å². The number of oxime groups is 1. The molecule has 0 spiro atoms. The van der Waals surface area contributed by atoms with Gasteiger partial charge in [-0.15, -0.1) is 16.9 Å². The van der Waals surface area contributed by atoms with Crippen LogP contribution in [0.1, 0.15) is 28.1 Å². The Morgan fingerprint density at radius 3 is 2.12 bits per heavy atom. The highest BCUT2D eigenvalue weighted by atomic mass is 35.5. The fourth-order valence-corrected chi connectivity index (χ4v) is 9.97. The number of thiazole rings is 1. The Morgan fingerprint density at radius 2 is 1.63 bits per heavy atom. The van der Waals surface area contributed by atoms with Crippen molar-refractivity contribution in [1.29, 1.82) is 0 Å². The number of carboxylic acid groups (broad SMARTS) is 1. The monoisotopic (exact) mass is 775 g/mol. The van der Waals surface area contributed by atoms with Crippen LogP contribution in [0.25, 0.3) is 0 Å². The number of aromatic nitrogens is 3. The molecule has 4 heterocycles. The van der Waals surface area contributed by atoms with E-state index < -0.39 is 34.8 Å². The maximum absolute atomic E-state index is 14.2. The first-order valence-electron chi connectivity index (χ1n) is 15.2. The van der Waals surface area contributed by atoms with E-state index in [1.54, 1.807) is 6.92 Å². The molecule has 5 aromatic rings. The molecule has 7 rings (SSSR count). The molecule has 17 heteroatoms. The third-order valence-electron chi connectivity index (χ3n) is 8.10. The lowest BCUT2D eigenvalue weighted by atomic mass is 9.80. The highest BCUT2D eigenvalue weighted by molar-refractivity contribution is 8.07. The number of aliphatic carboxylic acids is 1. The number of aryl methyl sites for hydroxylation is 1. The summed E-state index contributed by atoms with van der Waals surface area (Å²) in [5.74, 6) is -2.37. The molecule has 0 bridgehead atoms. The fraction of sp³-hybridized carbons (Fsp3) is 0.147. The van der Waals surface area contributed by atoms with E-state index in [2.05, 4.69) is 25.0 Å². The van der Waals surface area contributed by atoms with Crippen LogP contribution in [0.2, 0.25) is 4.34 Å². The van der Waals surface area contributed by atoms with Crippen molar-refractivity contribution in [1.82, 2.24) is 24.8 Å². The first kappa shape index (κ1) is 34.7. The van der Waals surface area contributed by atoms with Gasteiger partial charge in [-0.25, -0.2) is 9.78 Å². The number of nitrogen functional groups attached to an aromatic ring is 1. The number of nitrogens with two attached hydrogens (primary N) is 1. The quantitative estimate of drug-likeness (QED) is 0.0647. The number of rotatable bonds is 11. The van der Waals surface area contributed by atoms with Gasteiger partial charge in [0, 0.05) is 27.3 Å². The zero-order valence-corrected chi connectivity index (χ0v) is 30.4. The largest absolute Gasteiger partial charge is 0.477 e. The average molecular weight is 776 g/mol. The molecule has 12 nitrogen and oxygen atoms in total. The van der Waals surface area contributed by atoms with Crippen LogP contribution >= 0.6 is 58.0 Å². The molecule has 0 radical (unpaired) electrons. The van der Waals surface area contributed by atoms with E-state index in [9.17, 15) is 19.5 Å². The number of β-lactam (4-membered cyclic amide) rings is 1. The third-order valence-corrected chi connectivity index (χ3v) is 12.8. The van der Waals surface area contributed by atoms with Gasteiger partial charge in [-0.3, -0.25) is 14.5 Å². The molecule has 2 aromatic heterocycles. The maximum atomic E-state index is 14.2. The molecule has 2 amide bonds. The van der Waals surface area contributed by atoms with E-state index in [1.807, 2.05) is 91.0 Å². The highest BCUT2D eigenvalue weighted by Gasteiger charge is 2.55. The predicted molar refractivity (Wildman–Crippen MR) is 199 cm³/mol. The van der Waals surface area contributed by atoms with Gasteiger partial charge in [-0.2, -0.15) is 0 Å². The maximum Gasteiger partial charge on any atom is 0.353 e. The van der Waals surface area contributed by atoms with Crippen molar-refractivity contribution in [3.8, 4) is 0 Å². The van der Waals surface area contributed by atoms with Gasteiger partial charge in [0.05, 0.1) is 5.69 Å². The zero-order chi connectivity index (χ0) is 35.7. The van der Waals surface area contributed by atoms with E-state index in [0.29, 0.717) is 10.6 Å². The molecule has 4 N–H and O–H groups in total. The molecular formula is C34H26ClN7O5S4. The highest BCUT2D eigenvalue weighted by Crippen LogP contribution is 2.46. The third kappa shape index (κ3) is 6.49. The molecule has 2 aliphatic rings. The number of amides is 2. The first-order chi connectivity index (χ1) is 24.7. The smallest absolute Gasteiger partial charge is 0.353 e. The number of carboxylic acids is 1. The lowest BCUT2D eigenvalue weighted by Gasteiger charge is -2.49. The van der Waals surface area contributed by atoms with Gasteiger partial charge < -0.3 is 21.0 Å². The second-order valence-corrected chi connectivity index (χ2v) is 16.0. The molecule has 258 valence electrons. The van der Waals surface area contributed by atoms with E-state index >= 15 is 0 Å². The second-order valence-electron chi connectivity index (χ2n) is 11.2. The molecule has 2 aliphatic heterocycles. The van der Waals surface area contributed by atoms with E-state index in [4.69, 9.17) is 22.2 Å². The van der Waals surface area contributed by atoms with Crippen molar-refractivity contribution >= 4 is 86.6 Å². The number of fused-ring (bicyclic) bond motifs is 1. The summed E-state index contributed by atoms with van der Waals surface area (Å²) in [6.45, 7) is 1.78. The Hall–Kier alpha value is -4.74. The van der Waals surface area contributed by atoms with Crippen molar-refractivity contribution in [2.24, 2.45) is 5.16 Å². The minimum Gasteiger partial charge on any atom is -0.477 e. The van der Waals surface area contributed by atoms with Crippen LogP contribution < -0.4 is 11.1 Å². The summed E-state index contributed by atoms with van der Waals surface area (Å²) in [5, 5.41) is 20.8. The average Bonchev–Trinajstić information content (AvgIpc) is 3.71. The zero-order valence-electron chi connectivity index (χ0n) is 26.4. The van der Waals surface area contributed by atoms with Gasteiger partial charge in [-0.05, 0) is 18.5 Å². The number of hydrogen-bond acceptors (Lipinski definition) is 13. The molecule has 2 atom stereocenters. The number of nitrogens with zero attached hydrogens (tertiary/aromatic N) is 5. The van der Waals surface area contributed by atoms with Gasteiger partial charge in [0.2, 0.25) is 5.60 Å². The van der Waals surface area contributed by atoms with Crippen molar-refractivity contribution < 1.29 is 24.3 Å². The van der Waals surface area contributed by atoms with Crippen molar-refractivity contribution in [2.75, 3.05) is 11.5 Å². The first-order valence-corrected chi connectivity index (χ1v) is 19.1. The molecule has 0 aliphatic carbocycles. The molecule has 1 unspecified atom stereocenters. The molecule has 51 heavy (non-hydrogen) atoms. The number of hydrogen-bond donors (Lipinski definition) is 3. The van der Waals surface area contributed by atoms with Gasteiger partial charge in [0.25, 0.3) is 11.8 Å². The molecular weight excluding hydrogens is 750 g/mol. The standard InChI is InChI=1S/C34H26ClN7O5S4/c1-18-32(51-41-39-18)49-22-17-48-30-25(29(44)42(30)26(22)31(45)46)37-28(43)24(23-27(35)50-33(36)38-23)40-47-34(19-11-5-2-6-12-19,20-13-7-3-8-14-20)21-15-9-4-10-16-21/h2-16,25,30H,17H2,1H3,(H2,36,38)(H,37,43)(H,45,46)/t25-,30?/m1/s1. The van der Waals surface area contributed by atoms with Crippen LogP contribution in [-0.4, -0.2) is 65.2 Å². The van der Waals surface area contributed by atoms with Crippen LogP contribution in [0.4, 0.5) is 5.13 Å². The van der Waals surface area contributed by atoms with Crippen molar-refractivity contribution in [3.05, 3.63) is 134 Å². The minimum absolute atomic E-state index is 0.0296. The number of nitrogens with one attached hydrogen (secondary N) is 1. The van der Waals surface area contributed by atoms with E-state index in [-0.39, 0.29) is 32.3 Å².